The molecule has 0 saturated heterocycles. The Balaban J connectivity index is 1.87. The van der Waals surface area contributed by atoms with Crippen LogP contribution in [-0.2, 0) is 27.7 Å². The molecule has 0 aliphatic rings. The van der Waals surface area contributed by atoms with Crippen molar-refractivity contribution in [1.29, 1.82) is 0 Å². The van der Waals surface area contributed by atoms with Gasteiger partial charge in [0.25, 0.3) is 0 Å². The molecular formula is C11H12N2O5S2. The monoisotopic (exact) mass is 316 g/mol. The first-order chi connectivity index (χ1) is 9.47. The van der Waals surface area contributed by atoms with Crippen molar-refractivity contribution in [2.24, 2.45) is 0 Å². The maximum Gasteiger partial charge on any atom is 0.309 e. The van der Waals surface area contributed by atoms with Gasteiger partial charge in [-0.15, -0.1) is 11.3 Å². The molecule has 2 aromatic rings. The Kier molecular flexibility index (Phi) is 4.53. The number of carboxylic acids is 1. The van der Waals surface area contributed by atoms with E-state index in [1.54, 1.807) is 5.38 Å². The van der Waals surface area contributed by atoms with Crippen LogP contribution in [0.25, 0.3) is 0 Å². The Morgan fingerprint density at radius 1 is 1.50 bits per heavy atom. The maximum absolute atomic E-state index is 11.8. The van der Waals surface area contributed by atoms with Gasteiger partial charge in [-0.05, 0) is 6.07 Å². The highest BCUT2D eigenvalue weighted by Gasteiger charge is 2.15. The molecule has 0 atom stereocenters. The molecule has 7 nitrogen and oxygen atoms in total. The van der Waals surface area contributed by atoms with Gasteiger partial charge in [-0.3, -0.25) is 4.79 Å². The maximum atomic E-state index is 11.8. The van der Waals surface area contributed by atoms with E-state index >= 15 is 0 Å². The first-order valence-corrected chi connectivity index (χ1v) is 8.00. The lowest BCUT2D eigenvalue weighted by Crippen LogP contribution is -2.25. The molecule has 0 radical (unpaired) electrons. The number of thiazole rings is 1. The number of rotatable bonds is 7. The molecule has 20 heavy (non-hydrogen) atoms. The van der Waals surface area contributed by atoms with Gasteiger partial charge in [-0.1, -0.05) is 0 Å². The van der Waals surface area contributed by atoms with Crippen molar-refractivity contribution in [3.05, 3.63) is 34.7 Å². The molecule has 0 bridgehead atoms. The second-order valence-corrected chi connectivity index (χ2v) is 6.62. The van der Waals surface area contributed by atoms with Crippen molar-refractivity contribution in [3.8, 4) is 0 Å². The number of carbonyl (C=O) groups is 1. The summed E-state index contributed by atoms with van der Waals surface area (Å²) in [6.07, 6.45) is 2.71. The third-order valence-corrected chi connectivity index (χ3v) is 4.76. The van der Waals surface area contributed by atoms with Crippen LogP contribution in [0, 0.1) is 0 Å². The van der Waals surface area contributed by atoms with Gasteiger partial charge in [0.1, 0.15) is 11.2 Å². The van der Waals surface area contributed by atoms with E-state index in [9.17, 15) is 13.2 Å². The van der Waals surface area contributed by atoms with Crippen LogP contribution in [0.2, 0.25) is 0 Å². The third-order valence-electron chi connectivity index (χ3n) is 2.37. The van der Waals surface area contributed by atoms with E-state index < -0.39 is 16.0 Å². The van der Waals surface area contributed by atoms with Gasteiger partial charge in [0.15, 0.2) is 0 Å². The fourth-order valence-corrected chi connectivity index (χ4v) is 3.23. The highest BCUT2D eigenvalue weighted by molar-refractivity contribution is 7.89. The molecule has 9 heteroatoms. The standard InChI is InChI=1S/C11H12N2O5S2/c14-11(15)5-8-7-19-10(13-8)1-3-12-20(16,17)9-2-4-18-6-9/h2,4,6-7,12H,1,3,5H2,(H,14,15). The van der Waals surface area contributed by atoms with E-state index in [1.807, 2.05) is 0 Å². The molecule has 0 aliphatic heterocycles. The van der Waals surface area contributed by atoms with Gasteiger partial charge < -0.3 is 9.52 Å². The van der Waals surface area contributed by atoms with Crippen molar-refractivity contribution in [2.75, 3.05) is 6.54 Å². The summed E-state index contributed by atoms with van der Waals surface area (Å²) >= 11 is 1.31. The molecule has 0 spiro atoms. The lowest BCUT2D eigenvalue weighted by atomic mass is 10.3. The second kappa shape index (κ2) is 6.16. The van der Waals surface area contributed by atoms with Crippen LogP contribution in [0.3, 0.4) is 0 Å². The highest BCUT2D eigenvalue weighted by atomic mass is 32.2. The molecule has 0 unspecified atom stereocenters. The lowest BCUT2D eigenvalue weighted by molar-refractivity contribution is -0.136. The van der Waals surface area contributed by atoms with Gasteiger partial charge >= 0.3 is 5.97 Å². The average molecular weight is 316 g/mol. The van der Waals surface area contributed by atoms with E-state index in [0.29, 0.717) is 17.1 Å². The van der Waals surface area contributed by atoms with E-state index in [0.717, 1.165) is 6.26 Å². The summed E-state index contributed by atoms with van der Waals surface area (Å²) < 4.78 is 30.7. The number of nitrogens with zero attached hydrogens (tertiary/aromatic N) is 1. The van der Waals surface area contributed by atoms with Crippen molar-refractivity contribution in [2.45, 2.75) is 17.7 Å². The molecule has 2 aromatic heterocycles. The number of hydrogen-bond acceptors (Lipinski definition) is 6. The van der Waals surface area contributed by atoms with Gasteiger partial charge in [-0.2, -0.15) is 0 Å². The predicted molar refractivity (Wildman–Crippen MR) is 71.1 cm³/mol. The summed E-state index contributed by atoms with van der Waals surface area (Å²) in [5.74, 6) is -0.942. The first kappa shape index (κ1) is 14.7. The van der Waals surface area contributed by atoms with Gasteiger partial charge in [0.2, 0.25) is 10.0 Å². The third kappa shape index (κ3) is 3.89. The molecule has 0 aliphatic carbocycles. The number of nitrogens with one attached hydrogen (secondary N) is 1. The molecule has 2 heterocycles. The van der Waals surface area contributed by atoms with Crippen LogP contribution < -0.4 is 4.72 Å². The predicted octanol–water partition coefficient (Wildman–Crippen LogP) is 0.884. The summed E-state index contributed by atoms with van der Waals surface area (Å²) in [7, 11) is -3.56. The molecule has 2 rings (SSSR count). The first-order valence-electron chi connectivity index (χ1n) is 5.64. The molecule has 0 amide bonds. The topological polar surface area (TPSA) is 110 Å². The van der Waals surface area contributed by atoms with E-state index in [1.165, 1.54) is 23.7 Å². The minimum atomic E-state index is -3.56. The van der Waals surface area contributed by atoms with Crippen LogP contribution in [0.15, 0.2) is 33.3 Å². The van der Waals surface area contributed by atoms with Crippen molar-refractivity contribution < 1.29 is 22.7 Å². The molecular weight excluding hydrogens is 304 g/mol. The van der Waals surface area contributed by atoms with Gasteiger partial charge in [-0.25, -0.2) is 18.1 Å². The Morgan fingerprint density at radius 3 is 2.95 bits per heavy atom. The zero-order valence-electron chi connectivity index (χ0n) is 10.3. The molecule has 0 aromatic carbocycles. The summed E-state index contributed by atoms with van der Waals surface area (Å²) in [6.45, 7) is 0.188. The zero-order valence-corrected chi connectivity index (χ0v) is 11.9. The van der Waals surface area contributed by atoms with E-state index in [2.05, 4.69) is 9.71 Å². The fraction of sp³-hybridized carbons (Fsp3) is 0.273. The number of aliphatic carboxylic acids is 1. The molecule has 2 N–H and O–H groups in total. The van der Waals surface area contributed by atoms with Crippen LogP contribution in [0.5, 0.6) is 0 Å². The lowest BCUT2D eigenvalue weighted by Gasteiger charge is -2.02. The molecule has 108 valence electrons. The number of carboxylic acid groups (broad SMARTS) is 1. The summed E-state index contributed by atoms with van der Waals surface area (Å²) in [4.78, 5) is 14.7. The quantitative estimate of drug-likeness (QED) is 0.785. The van der Waals surface area contributed by atoms with Crippen molar-refractivity contribution >= 4 is 27.3 Å². The second-order valence-electron chi connectivity index (χ2n) is 3.91. The molecule has 0 saturated carbocycles. The summed E-state index contributed by atoms with van der Waals surface area (Å²) in [6, 6.07) is 1.36. The largest absolute Gasteiger partial charge is 0.481 e. The highest BCUT2D eigenvalue weighted by Crippen LogP contribution is 2.12. The zero-order chi connectivity index (χ0) is 14.6. The number of hydrogen-bond donors (Lipinski definition) is 2. The van der Waals surface area contributed by atoms with E-state index in [-0.39, 0.29) is 17.9 Å². The Bertz CT molecular complexity index is 675. The van der Waals surface area contributed by atoms with Crippen LogP contribution >= 0.6 is 11.3 Å². The Labute approximate surface area is 119 Å². The normalized spacial score (nSPS) is 11.6. The van der Waals surface area contributed by atoms with Crippen molar-refractivity contribution in [1.82, 2.24) is 9.71 Å². The SMILES string of the molecule is O=C(O)Cc1csc(CCNS(=O)(=O)c2ccoc2)n1. The number of aromatic nitrogens is 1. The van der Waals surface area contributed by atoms with Gasteiger partial charge in [0, 0.05) is 18.3 Å². The van der Waals surface area contributed by atoms with E-state index in [4.69, 9.17) is 9.52 Å². The Morgan fingerprint density at radius 2 is 2.30 bits per heavy atom. The summed E-state index contributed by atoms with van der Waals surface area (Å²) in [5.41, 5.74) is 0.482. The number of sulfonamides is 1. The average Bonchev–Trinajstić information content (AvgIpc) is 2.99. The number of furan rings is 1. The summed E-state index contributed by atoms with van der Waals surface area (Å²) in [5, 5.41) is 11.0. The van der Waals surface area contributed by atoms with Crippen LogP contribution in [0.1, 0.15) is 10.7 Å². The molecule has 0 fully saturated rings. The Hall–Kier alpha value is -1.71. The van der Waals surface area contributed by atoms with Crippen LogP contribution in [-0.4, -0.2) is 31.0 Å². The van der Waals surface area contributed by atoms with Crippen LogP contribution in [0.4, 0.5) is 0 Å². The minimum Gasteiger partial charge on any atom is -0.481 e. The minimum absolute atomic E-state index is 0.0724. The van der Waals surface area contributed by atoms with Gasteiger partial charge in [0.05, 0.1) is 23.4 Å². The fourth-order valence-electron chi connectivity index (χ4n) is 1.48. The van der Waals surface area contributed by atoms with Crippen molar-refractivity contribution in [3.63, 3.8) is 0 Å². The smallest absolute Gasteiger partial charge is 0.309 e.